The highest BCUT2D eigenvalue weighted by Crippen LogP contribution is 2.42. The van der Waals surface area contributed by atoms with E-state index in [1.165, 1.54) is 29.5 Å². The van der Waals surface area contributed by atoms with Gasteiger partial charge in [0.05, 0.1) is 0 Å². The van der Waals surface area contributed by atoms with Gasteiger partial charge in [0.15, 0.2) is 0 Å². The number of allylic oxidation sites excluding steroid dienone is 5. The van der Waals surface area contributed by atoms with E-state index in [4.69, 9.17) is 0 Å². The zero-order valence-electron chi connectivity index (χ0n) is 13.3. The van der Waals surface area contributed by atoms with Crippen LogP contribution in [-0.2, 0) is 0 Å². The van der Waals surface area contributed by atoms with Crippen molar-refractivity contribution >= 4 is 6.08 Å². The molecule has 0 spiro atoms. The third kappa shape index (κ3) is 3.10. The first kappa shape index (κ1) is 15.6. The van der Waals surface area contributed by atoms with Gasteiger partial charge in [-0.25, -0.2) is 0 Å². The van der Waals surface area contributed by atoms with E-state index >= 15 is 0 Å². The predicted octanol–water partition coefficient (Wildman–Crippen LogP) is 6.29. The average molecular weight is 278 g/mol. The van der Waals surface area contributed by atoms with Crippen molar-refractivity contribution in [1.82, 2.24) is 0 Å². The minimum absolute atomic E-state index is 0.206. The number of benzene rings is 1. The fourth-order valence-corrected chi connectivity index (χ4v) is 3.34. The van der Waals surface area contributed by atoms with Crippen molar-refractivity contribution in [2.24, 2.45) is 5.41 Å². The molecular formula is C21H26. The average Bonchev–Trinajstić information content (AvgIpc) is 2.55. The predicted molar refractivity (Wildman–Crippen MR) is 94.3 cm³/mol. The van der Waals surface area contributed by atoms with Crippen molar-refractivity contribution in [1.29, 1.82) is 0 Å². The van der Waals surface area contributed by atoms with Crippen LogP contribution in [0.1, 0.15) is 50.2 Å². The fraction of sp³-hybridized carbons (Fsp3) is 0.333. The highest BCUT2D eigenvalue weighted by molar-refractivity contribution is 5.57. The van der Waals surface area contributed by atoms with Crippen LogP contribution in [0.25, 0.3) is 6.08 Å². The highest BCUT2D eigenvalue weighted by atomic mass is 14.3. The molecule has 1 aromatic carbocycles. The lowest BCUT2D eigenvalue weighted by atomic mass is 9.71. The van der Waals surface area contributed by atoms with E-state index < -0.39 is 0 Å². The molecule has 2 unspecified atom stereocenters. The summed E-state index contributed by atoms with van der Waals surface area (Å²) < 4.78 is 0. The van der Waals surface area contributed by atoms with Crippen LogP contribution in [-0.4, -0.2) is 0 Å². The Bertz CT molecular complexity index is 573. The van der Waals surface area contributed by atoms with Crippen molar-refractivity contribution in [2.45, 2.75) is 39.0 Å². The van der Waals surface area contributed by atoms with Gasteiger partial charge in [-0.1, -0.05) is 88.1 Å². The topological polar surface area (TPSA) is 0 Å². The summed E-state index contributed by atoms with van der Waals surface area (Å²) in [6.07, 6.45) is 14.7. The van der Waals surface area contributed by atoms with Crippen LogP contribution in [0.4, 0.5) is 0 Å². The minimum Gasteiger partial charge on any atom is -0.0988 e. The Kier molecular flexibility index (Phi) is 5.01. The Morgan fingerprint density at radius 3 is 2.52 bits per heavy atom. The summed E-state index contributed by atoms with van der Waals surface area (Å²) in [6.45, 7) is 12.5. The number of rotatable bonds is 6. The molecule has 0 heteroatoms. The van der Waals surface area contributed by atoms with Crippen LogP contribution in [0.5, 0.6) is 0 Å². The third-order valence-electron chi connectivity index (χ3n) is 4.59. The maximum Gasteiger partial charge on any atom is 0.0272 e. The van der Waals surface area contributed by atoms with Gasteiger partial charge in [0, 0.05) is 11.3 Å². The van der Waals surface area contributed by atoms with Crippen LogP contribution >= 0.6 is 0 Å². The number of hydrogen-bond acceptors (Lipinski definition) is 0. The van der Waals surface area contributed by atoms with Gasteiger partial charge in [-0.05, 0) is 29.5 Å². The summed E-state index contributed by atoms with van der Waals surface area (Å²) in [5.74, 6) is 0.299. The molecule has 0 nitrogen and oxygen atoms in total. The second kappa shape index (κ2) is 6.76. The van der Waals surface area contributed by atoms with Crippen molar-refractivity contribution in [3.8, 4) is 0 Å². The number of hydrogen-bond donors (Lipinski definition) is 0. The van der Waals surface area contributed by atoms with Crippen LogP contribution < -0.4 is 0 Å². The Labute approximate surface area is 129 Å². The maximum absolute atomic E-state index is 4.05. The lowest BCUT2D eigenvalue weighted by Gasteiger charge is -2.33. The van der Waals surface area contributed by atoms with Gasteiger partial charge in [-0.3, -0.25) is 0 Å². The Morgan fingerprint density at radius 2 is 1.90 bits per heavy atom. The normalized spacial score (nSPS) is 24.5. The van der Waals surface area contributed by atoms with Crippen LogP contribution in [0.3, 0.4) is 0 Å². The molecule has 21 heavy (non-hydrogen) atoms. The van der Waals surface area contributed by atoms with E-state index in [-0.39, 0.29) is 5.41 Å². The third-order valence-corrected chi connectivity index (χ3v) is 4.59. The van der Waals surface area contributed by atoms with Crippen LogP contribution in [0.2, 0.25) is 0 Å². The van der Waals surface area contributed by atoms with Gasteiger partial charge < -0.3 is 0 Å². The molecule has 0 heterocycles. The van der Waals surface area contributed by atoms with E-state index in [9.17, 15) is 0 Å². The van der Waals surface area contributed by atoms with Crippen LogP contribution in [0, 0.1) is 5.41 Å². The van der Waals surface area contributed by atoms with Gasteiger partial charge in [-0.15, -0.1) is 0 Å². The molecule has 1 aromatic rings. The lowest BCUT2D eigenvalue weighted by molar-refractivity contribution is 0.418. The molecule has 1 aliphatic rings. The molecule has 0 saturated heterocycles. The monoisotopic (exact) mass is 278 g/mol. The molecule has 2 atom stereocenters. The quantitative estimate of drug-likeness (QED) is 0.536. The Morgan fingerprint density at radius 1 is 1.14 bits per heavy atom. The Hall–Kier alpha value is -1.82. The minimum atomic E-state index is 0.206. The second-order valence-electron chi connectivity index (χ2n) is 5.86. The SMILES string of the molecule is C=CC1=CC(CC)(CCC)C=CC1c1ccccc1C=C. The summed E-state index contributed by atoms with van der Waals surface area (Å²) in [5.41, 5.74) is 4.05. The standard InChI is InChI=1S/C21H26/c1-5-14-21(8-4)15-13-20(18(7-3)16-21)19-12-10-9-11-17(19)6-2/h6-7,9-13,15-16,20H,2-3,5,8,14H2,1,4H3. The molecule has 0 amide bonds. The maximum atomic E-state index is 4.05. The van der Waals surface area contributed by atoms with Crippen molar-refractivity contribution in [2.75, 3.05) is 0 Å². The van der Waals surface area contributed by atoms with E-state index in [0.29, 0.717) is 5.92 Å². The van der Waals surface area contributed by atoms with E-state index in [1.54, 1.807) is 0 Å². The van der Waals surface area contributed by atoms with Crippen LogP contribution in [0.15, 0.2) is 67.3 Å². The molecule has 0 aromatic heterocycles. The molecule has 0 radical (unpaired) electrons. The first-order chi connectivity index (χ1) is 10.2. The Balaban J connectivity index is 2.44. The van der Waals surface area contributed by atoms with Gasteiger partial charge in [-0.2, -0.15) is 0 Å². The first-order valence-corrected chi connectivity index (χ1v) is 7.95. The van der Waals surface area contributed by atoms with Crippen molar-refractivity contribution < 1.29 is 0 Å². The molecule has 0 bridgehead atoms. The smallest absolute Gasteiger partial charge is 0.0272 e. The second-order valence-corrected chi connectivity index (χ2v) is 5.86. The zero-order valence-corrected chi connectivity index (χ0v) is 13.3. The van der Waals surface area contributed by atoms with E-state index in [1.807, 2.05) is 12.2 Å². The van der Waals surface area contributed by atoms with Gasteiger partial charge in [0.25, 0.3) is 0 Å². The summed E-state index contributed by atoms with van der Waals surface area (Å²) in [5, 5.41) is 0. The molecular weight excluding hydrogens is 252 g/mol. The zero-order chi connectivity index (χ0) is 15.3. The summed E-state index contributed by atoms with van der Waals surface area (Å²) in [6, 6.07) is 8.50. The molecule has 0 saturated carbocycles. The van der Waals surface area contributed by atoms with Gasteiger partial charge in [0.2, 0.25) is 0 Å². The molecule has 110 valence electrons. The van der Waals surface area contributed by atoms with Crippen molar-refractivity contribution in [3.63, 3.8) is 0 Å². The first-order valence-electron chi connectivity index (χ1n) is 7.95. The molecule has 1 aliphatic carbocycles. The van der Waals surface area contributed by atoms with Gasteiger partial charge >= 0.3 is 0 Å². The highest BCUT2D eigenvalue weighted by Gasteiger charge is 2.28. The fourth-order valence-electron chi connectivity index (χ4n) is 3.34. The summed E-state index contributed by atoms with van der Waals surface area (Å²) >= 11 is 0. The largest absolute Gasteiger partial charge is 0.0988 e. The lowest BCUT2D eigenvalue weighted by Crippen LogP contribution is -2.19. The molecule has 0 N–H and O–H groups in total. The summed E-state index contributed by atoms with van der Waals surface area (Å²) in [7, 11) is 0. The molecule has 2 rings (SSSR count). The van der Waals surface area contributed by atoms with E-state index in [0.717, 1.165) is 6.42 Å². The molecule has 0 fully saturated rings. The molecule has 0 aliphatic heterocycles. The van der Waals surface area contributed by atoms with E-state index in [2.05, 4.69) is 69.5 Å². The van der Waals surface area contributed by atoms with Gasteiger partial charge in [0.1, 0.15) is 0 Å². The summed E-state index contributed by atoms with van der Waals surface area (Å²) in [4.78, 5) is 0. The van der Waals surface area contributed by atoms with Crippen molar-refractivity contribution in [3.05, 3.63) is 78.4 Å².